The number of nitrogens with two attached hydrogens (primary N) is 1. The molecule has 0 aliphatic carbocycles. The maximum Gasteiger partial charge on any atom is 0.239 e. The third-order valence-electron chi connectivity index (χ3n) is 2.18. The number of amides is 1. The molecule has 0 radical (unpaired) electrons. The van der Waals surface area contributed by atoms with Gasteiger partial charge in [-0.25, -0.2) is 0 Å². The maximum atomic E-state index is 11.3. The zero-order chi connectivity index (χ0) is 12.7. The van der Waals surface area contributed by atoms with Gasteiger partial charge < -0.3 is 21.1 Å². The molecule has 1 aromatic carbocycles. The second-order valence-electron chi connectivity index (χ2n) is 3.46. The number of para-hydroxylation sites is 1. The Balaban J connectivity index is 2.64. The number of hydrogen-bond donors (Lipinski definition) is 3. The van der Waals surface area contributed by atoms with Crippen molar-refractivity contribution in [1.29, 1.82) is 0 Å². The molecular weight excluding hydrogens is 218 g/mol. The fraction of sp³-hybridized carbons (Fsp3) is 0.417. The van der Waals surface area contributed by atoms with E-state index in [9.17, 15) is 4.79 Å². The summed E-state index contributed by atoms with van der Waals surface area (Å²) in [7, 11) is 0. The first-order valence-corrected chi connectivity index (χ1v) is 5.70. The van der Waals surface area contributed by atoms with Gasteiger partial charge in [-0.2, -0.15) is 0 Å². The van der Waals surface area contributed by atoms with E-state index in [1.807, 2.05) is 26.0 Å². The largest absolute Gasteiger partial charge is 0.492 e. The summed E-state index contributed by atoms with van der Waals surface area (Å²) in [5, 5.41) is 5.68. The van der Waals surface area contributed by atoms with Crippen LogP contribution in [0.2, 0.25) is 0 Å². The maximum absolute atomic E-state index is 11.3. The Bertz CT molecular complexity index is 380. The third kappa shape index (κ3) is 3.86. The Morgan fingerprint density at radius 3 is 2.82 bits per heavy atom. The Morgan fingerprint density at radius 1 is 1.41 bits per heavy atom. The predicted molar refractivity (Wildman–Crippen MR) is 69.2 cm³/mol. The number of carbonyl (C=O) groups excluding carboxylic acids is 1. The molecule has 94 valence electrons. The second-order valence-corrected chi connectivity index (χ2v) is 3.46. The van der Waals surface area contributed by atoms with E-state index in [4.69, 9.17) is 10.5 Å². The topological polar surface area (TPSA) is 76.4 Å². The van der Waals surface area contributed by atoms with Crippen molar-refractivity contribution in [3.05, 3.63) is 18.2 Å². The van der Waals surface area contributed by atoms with E-state index in [2.05, 4.69) is 10.6 Å². The van der Waals surface area contributed by atoms with Crippen LogP contribution < -0.4 is 21.1 Å². The average molecular weight is 237 g/mol. The Hall–Kier alpha value is -1.91. The Morgan fingerprint density at radius 2 is 2.18 bits per heavy atom. The summed E-state index contributed by atoms with van der Waals surface area (Å²) in [6.45, 7) is 5.16. The van der Waals surface area contributed by atoms with Crippen LogP contribution in [0.1, 0.15) is 13.8 Å². The molecule has 0 spiro atoms. The number of carbonyl (C=O) groups is 1. The van der Waals surface area contributed by atoms with Crippen LogP contribution in [-0.4, -0.2) is 25.6 Å². The number of ether oxygens (including phenoxy) is 1. The van der Waals surface area contributed by atoms with Crippen molar-refractivity contribution in [1.82, 2.24) is 5.32 Å². The van der Waals surface area contributed by atoms with Crippen molar-refractivity contribution < 1.29 is 9.53 Å². The third-order valence-corrected chi connectivity index (χ3v) is 2.18. The fourth-order valence-electron chi connectivity index (χ4n) is 1.41. The zero-order valence-corrected chi connectivity index (χ0v) is 10.2. The second kappa shape index (κ2) is 6.62. The lowest BCUT2D eigenvalue weighted by molar-refractivity contribution is -0.119. The van der Waals surface area contributed by atoms with Gasteiger partial charge in [0.05, 0.1) is 24.5 Å². The number of likely N-dealkylation sites (N-methyl/N-ethyl adjacent to an activating group) is 1. The number of rotatable bonds is 6. The van der Waals surface area contributed by atoms with Crippen molar-refractivity contribution in [2.45, 2.75) is 13.8 Å². The van der Waals surface area contributed by atoms with Gasteiger partial charge in [-0.15, -0.1) is 0 Å². The van der Waals surface area contributed by atoms with Gasteiger partial charge in [0.2, 0.25) is 5.91 Å². The number of hydrogen-bond acceptors (Lipinski definition) is 4. The van der Waals surface area contributed by atoms with Crippen molar-refractivity contribution in [2.75, 3.05) is 30.7 Å². The minimum absolute atomic E-state index is 0.0614. The molecule has 0 fully saturated rings. The number of anilines is 2. The molecule has 0 aliphatic heterocycles. The van der Waals surface area contributed by atoms with Crippen molar-refractivity contribution in [3.8, 4) is 5.75 Å². The first-order chi connectivity index (χ1) is 8.19. The molecule has 4 N–H and O–H groups in total. The summed E-state index contributed by atoms with van der Waals surface area (Å²) >= 11 is 0. The normalized spacial score (nSPS) is 9.76. The number of benzene rings is 1. The SMILES string of the molecule is CCNC(=O)CNc1cccc(OCC)c1N. The van der Waals surface area contributed by atoms with Crippen molar-refractivity contribution in [2.24, 2.45) is 0 Å². The summed E-state index contributed by atoms with van der Waals surface area (Å²) in [5.41, 5.74) is 7.15. The van der Waals surface area contributed by atoms with E-state index >= 15 is 0 Å². The molecule has 1 amide bonds. The van der Waals surface area contributed by atoms with Gasteiger partial charge >= 0.3 is 0 Å². The van der Waals surface area contributed by atoms with E-state index in [0.717, 1.165) is 0 Å². The molecule has 5 heteroatoms. The highest BCUT2D eigenvalue weighted by Gasteiger charge is 2.06. The van der Waals surface area contributed by atoms with Gasteiger partial charge in [-0.1, -0.05) is 6.07 Å². The Kier molecular flexibility index (Phi) is 5.13. The van der Waals surface area contributed by atoms with Crippen LogP contribution in [0.3, 0.4) is 0 Å². The minimum Gasteiger partial charge on any atom is -0.492 e. The molecule has 0 saturated carbocycles. The summed E-state index contributed by atoms with van der Waals surface area (Å²) in [6.07, 6.45) is 0. The summed E-state index contributed by atoms with van der Waals surface area (Å²) in [5.74, 6) is 0.571. The highest BCUT2D eigenvalue weighted by Crippen LogP contribution is 2.28. The standard InChI is InChI=1S/C12H19N3O2/c1-3-14-11(16)8-15-9-6-5-7-10(12(9)13)17-4-2/h5-7,15H,3-4,8,13H2,1-2H3,(H,14,16). The molecule has 0 atom stereocenters. The van der Waals surface area contributed by atoms with Crippen LogP contribution in [0.4, 0.5) is 11.4 Å². The number of nitrogens with one attached hydrogen (secondary N) is 2. The van der Waals surface area contributed by atoms with E-state index < -0.39 is 0 Å². The smallest absolute Gasteiger partial charge is 0.239 e. The molecule has 0 aromatic heterocycles. The van der Waals surface area contributed by atoms with Gasteiger partial charge in [0.15, 0.2) is 0 Å². The lowest BCUT2D eigenvalue weighted by Gasteiger charge is -2.12. The molecule has 5 nitrogen and oxygen atoms in total. The number of nitrogen functional groups attached to an aromatic ring is 1. The molecule has 0 heterocycles. The van der Waals surface area contributed by atoms with Crippen LogP contribution in [0.15, 0.2) is 18.2 Å². The molecule has 0 saturated heterocycles. The van der Waals surface area contributed by atoms with Gasteiger partial charge in [-0.05, 0) is 26.0 Å². The van der Waals surface area contributed by atoms with E-state index in [1.54, 1.807) is 6.07 Å². The molecule has 1 rings (SSSR count). The van der Waals surface area contributed by atoms with Crippen LogP contribution in [0.5, 0.6) is 5.75 Å². The molecule has 1 aromatic rings. The molecule has 17 heavy (non-hydrogen) atoms. The average Bonchev–Trinajstić information content (AvgIpc) is 2.31. The first kappa shape index (κ1) is 13.2. The molecule has 0 aliphatic rings. The summed E-state index contributed by atoms with van der Waals surface area (Å²) in [6, 6.07) is 5.45. The van der Waals surface area contributed by atoms with E-state index in [1.165, 1.54) is 0 Å². The van der Waals surface area contributed by atoms with E-state index in [0.29, 0.717) is 30.3 Å². The highest BCUT2D eigenvalue weighted by molar-refractivity contribution is 5.83. The summed E-state index contributed by atoms with van der Waals surface area (Å²) < 4.78 is 5.37. The summed E-state index contributed by atoms with van der Waals surface area (Å²) in [4.78, 5) is 11.3. The minimum atomic E-state index is -0.0614. The van der Waals surface area contributed by atoms with Crippen molar-refractivity contribution >= 4 is 17.3 Å². The van der Waals surface area contributed by atoms with Crippen LogP contribution >= 0.6 is 0 Å². The van der Waals surface area contributed by atoms with E-state index in [-0.39, 0.29) is 12.5 Å². The fourth-order valence-corrected chi connectivity index (χ4v) is 1.41. The van der Waals surface area contributed by atoms with Gasteiger partial charge in [0.1, 0.15) is 5.75 Å². The van der Waals surface area contributed by atoms with Gasteiger partial charge in [-0.3, -0.25) is 4.79 Å². The molecule has 0 unspecified atom stereocenters. The molecular formula is C12H19N3O2. The van der Waals surface area contributed by atoms with Crippen LogP contribution in [0.25, 0.3) is 0 Å². The lowest BCUT2D eigenvalue weighted by atomic mass is 10.2. The highest BCUT2D eigenvalue weighted by atomic mass is 16.5. The van der Waals surface area contributed by atoms with Gasteiger partial charge in [0, 0.05) is 6.54 Å². The Labute approximate surface area is 101 Å². The predicted octanol–water partition coefficient (Wildman–Crippen LogP) is 1.22. The zero-order valence-electron chi connectivity index (χ0n) is 10.2. The quantitative estimate of drug-likeness (QED) is 0.650. The van der Waals surface area contributed by atoms with Crippen LogP contribution in [0, 0.1) is 0 Å². The first-order valence-electron chi connectivity index (χ1n) is 5.70. The lowest BCUT2D eigenvalue weighted by Crippen LogP contribution is -2.29. The van der Waals surface area contributed by atoms with Gasteiger partial charge in [0.25, 0.3) is 0 Å². The molecule has 0 bridgehead atoms. The van der Waals surface area contributed by atoms with Crippen molar-refractivity contribution in [3.63, 3.8) is 0 Å². The monoisotopic (exact) mass is 237 g/mol. The van der Waals surface area contributed by atoms with Crippen LogP contribution in [-0.2, 0) is 4.79 Å².